The van der Waals surface area contributed by atoms with Crippen LogP contribution in [0.15, 0.2) is 279 Å². The predicted octanol–water partition coefficient (Wildman–Crippen LogP) is 18.3. The Balaban J connectivity index is 0.927. The summed E-state index contributed by atoms with van der Waals surface area (Å²) in [6.07, 6.45) is 0. The fourth-order valence-electron chi connectivity index (χ4n) is 11.8. The number of rotatable bonds is 8. The van der Waals surface area contributed by atoms with E-state index >= 15 is 0 Å². The number of fused-ring (bicyclic) bond motifs is 8. The number of hydrogen-bond acceptors (Lipinski definition) is 1. The van der Waals surface area contributed by atoms with Crippen LogP contribution >= 0.6 is 0 Å². The molecule has 0 amide bonds. The summed E-state index contributed by atoms with van der Waals surface area (Å²) in [5.41, 5.74) is 18.6. The number of aromatic nitrogens is 1. The Kier molecular flexibility index (Phi) is 9.47. The molecule has 0 saturated carbocycles. The van der Waals surface area contributed by atoms with Gasteiger partial charge in [0.1, 0.15) is 0 Å². The molecule has 0 saturated heterocycles. The predicted molar refractivity (Wildman–Crippen MR) is 299 cm³/mol. The van der Waals surface area contributed by atoms with Crippen LogP contribution in [0.5, 0.6) is 0 Å². The van der Waals surface area contributed by atoms with E-state index in [1.54, 1.807) is 0 Å². The minimum Gasteiger partial charge on any atom is -0.310 e. The maximum absolute atomic E-state index is 2.46. The Morgan fingerprint density at radius 2 is 0.831 bits per heavy atom. The molecule has 14 rings (SSSR count). The molecule has 1 heterocycles. The lowest BCUT2D eigenvalue weighted by atomic mass is 9.67. The Bertz CT molecular complexity index is 4130. The quantitative estimate of drug-likeness (QED) is 0.147. The highest BCUT2D eigenvalue weighted by Crippen LogP contribution is 2.57. The van der Waals surface area contributed by atoms with E-state index in [1.165, 1.54) is 99.0 Å². The SMILES string of the molecule is c1ccc(C2(c3ccccc3)c3ccccc3-c3ccc(N(c4ccc(-c5ccc6c(c5)c5ccccc5n6-c5ccc6ccccc6c5)cc4)c4cccc(-c5ccc6ccccc6c5)c4)cc32)cc1. The molecule has 0 unspecified atom stereocenters. The molecule has 0 aliphatic heterocycles. The van der Waals surface area contributed by atoms with E-state index in [2.05, 4.69) is 289 Å². The first-order valence-electron chi connectivity index (χ1n) is 24.6. The lowest BCUT2D eigenvalue weighted by Gasteiger charge is -2.35. The lowest BCUT2D eigenvalue weighted by molar-refractivity contribution is 0.768. The number of nitrogens with zero attached hydrogens (tertiary/aromatic N) is 2. The largest absolute Gasteiger partial charge is 0.310 e. The van der Waals surface area contributed by atoms with E-state index in [0.717, 1.165) is 22.7 Å². The van der Waals surface area contributed by atoms with Crippen molar-refractivity contribution in [1.29, 1.82) is 0 Å². The average molecular weight is 903 g/mol. The van der Waals surface area contributed by atoms with Crippen LogP contribution in [0.4, 0.5) is 17.1 Å². The number of anilines is 3. The lowest BCUT2D eigenvalue weighted by Crippen LogP contribution is -2.28. The second-order valence-electron chi connectivity index (χ2n) is 18.9. The first-order valence-corrected chi connectivity index (χ1v) is 24.6. The van der Waals surface area contributed by atoms with Gasteiger partial charge in [-0.25, -0.2) is 0 Å². The van der Waals surface area contributed by atoms with Crippen LogP contribution in [-0.4, -0.2) is 4.57 Å². The highest BCUT2D eigenvalue weighted by Gasteiger charge is 2.46. The molecule has 0 fully saturated rings. The van der Waals surface area contributed by atoms with E-state index in [1.807, 2.05) is 0 Å². The maximum atomic E-state index is 2.46. The van der Waals surface area contributed by atoms with Crippen LogP contribution in [0, 0.1) is 0 Å². The Hall–Kier alpha value is -9.24. The van der Waals surface area contributed by atoms with Crippen molar-refractivity contribution in [1.82, 2.24) is 4.57 Å². The summed E-state index contributed by atoms with van der Waals surface area (Å²) in [5.74, 6) is 0. The molecule has 12 aromatic carbocycles. The Morgan fingerprint density at radius 1 is 0.282 bits per heavy atom. The summed E-state index contributed by atoms with van der Waals surface area (Å²) in [4.78, 5) is 2.44. The van der Waals surface area contributed by atoms with Gasteiger partial charge < -0.3 is 9.47 Å². The van der Waals surface area contributed by atoms with Crippen LogP contribution < -0.4 is 4.90 Å². The molecule has 0 radical (unpaired) electrons. The van der Waals surface area contributed by atoms with Crippen LogP contribution in [0.1, 0.15) is 22.3 Å². The molecule has 0 bridgehead atoms. The van der Waals surface area contributed by atoms with E-state index in [-0.39, 0.29) is 0 Å². The second kappa shape index (κ2) is 16.5. The smallest absolute Gasteiger partial charge is 0.0714 e. The third-order valence-electron chi connectivity index (χ3n) is 15.0. The summed E-state index contributed by atoms with van der Waals surface area (Å²) >= 11 is 0. The summed E-state index contributed by atoms with van der Waals surface area (Å²) in [6.45, 7) is 0. The molecule has 0 N–H and O–H groups in total. The zero-order valence-corrected chi connectivity index (χ0v) is 39.0. The summed E-state index contributed by atoms with van der Waals surface area (Å²) < 4.78 is 2.41. The summed E-state index contributed by atoms with van der Waals surface area (Å²) in [7, 11) is 0. The van der Waals surface area contributed by atoms with Crippen LogP contribution in [0.3, 0.4) is 0 Å². The highest BCUT2D eigenvalue weighted by atomic mass is 15.1. The van der Waals surface area contributed by atoms with Crippen molar-refractivity contribution in [3.8, 4) is 39.1 Å². The number of para-hydroxylation sites is 1. The molecule has 0 spiro atoms. The molecule has 1 aliphatic rings. The third kappa shape index (κ3) is 6.57. The van der Waals surface area contributed by atoms with Gasteiger partial charge in [-0.3, -0.25) is 0 Å². The molecule has 2 nitrogen and oxygen atoms in total. The van der Waals surface area contributed by atoms with Gasteiger partial charge in [-0.2, -0.15) is 0 Å². The zero-order chi connectivity index (χ0) is 46.9. The van der Waals surface area contributed by atoms with Gasteiger partial charge in [-0.05, 0) is 150 Å². The van der Waals surface area contributed by atoms with Crippen molar-refractivity contribution in [3.05, 3.63) is 301 Å². The first-order chi connectivity index (χ1) is 35.2. The van der Waals surface area contributed by atoms with Gasteiger partial charge in [-0.1, -0.05) is 206 Å². The molecular weight excluding hydrogens is 857 g/mol. The molecule has 2 heteroatoms. The third-order valence-corrected chi connectivity index (χ3v) is 15.0. The normalized spacial score (nSPS) is 12.6. The van der Waals surface area contributed by atoms with Crippen molar-refractivity contribution in [3.63, 3.8) is 0 Å². The van der Waals surface area contributed by atoms with Crippen molar-refractivity contribution in [2.75, 3.05) is 4.90 Å². The zero-order valence-electron chi connectivity index (χ0n) is 39.0. The topological polar surface area (TPSA) is 8.17 Å². The van der Waals surface area contributed by atoms with Crippen molar-refractivity contribution >= 4 is 60.4 Å². The molecule has 332 valence electrons. The van der Waals surface area contributed by atoms with Crippen molar-refractivity contribution in [2.24, 2.45) is 0 Å². The van der Waals surface area contributed by atoms with Gasteiger partial charge in [0.25, 0.3) is 0 Å². The van der Waals surface area contributed by atoms with Gasteiger partial charge in [0.05, 0.1) is 16.4 Å². The molecule has 1 aromatic heterocycles. The Labute approximate surface area is 413 Å². The van der Waals surface area contributed by atoms with Crippen LogP contribution in [0.25, 0.3) is 82.4 Å². The van der Waals surface area contributed by atoms with Gasteiger partial charge in [0.2, 0.25) is 0 Å². The van der Waals surface area contributed by atoms with Crippen LogP contribution in [-0.2, 0) is 5.41 Å². The minimum atomic E-state index is -0.525. The number of hydrogen-bond donors (Lipinski definition) is 0. The summed E-state index contributed by atoms with van der Waals surface area (Å²) in [5, 5.41) is 7.43. The summed E-state index contributed by atoms with van der Waals surface area (Å²) in [6, 6.07) is 103. The molecule has 0 atom stereocenters. The number of benzene rings is 12. The van der Waals surface area contributed by atoms with Gasteiger partial charge in [0.15, 0.2) is 0 Å². The Morgan fingerprint density at radius 3 is 1.61 bits per heavy atom. The fraction of sp³-hybridized carbons (Fsp3) is 0.0145. The van der Waals surface area contributed by atoms with E-state index in [4.69, 9.17) is 0 Å². The molecular formula is C69H46N2. The van der Waals surface area contributed by atoms with E-state index < -0.39 is 5.41 Å². The molecule has 1 aliphatic carbocycles. The second-order valence-corrected chi connectivity index (χ2v) is 18.9. The standard InChI is InChI=1S/C69H46N2/c1-3-21-55(22-4-1)69(56-23-5-2-6-24-56)65-28-13-11-26-61(65)62-40-39-60(46-66(62)69)70(58-25-15-20-52(44-58)53-31-30-47-16-7-9-18-50(47)42-53)57-36-32-49(33-37-57)54-35-41-68-64(45-54)63-27-12-14-29-67(63)71(68)59-38-34-48-17-8-10-19-51(48)43-59/h1-46H. The molecule has 13 aromatic rings. The minimum absolute atomic E-state index is 0.525. The van der Waals surface area contributed by atoms with E-state index in [9.17, 15) is 0 Å². The molecule has 71 heavy (non-hydrogen) atoms. The monoisotopic (exact) mass is 902 g/mol. The van der Waals surface area contributed by atoms with Crippen molar-refractivity contribution < 1.29 is 0 Å². The van der Waals surface area contributed by atoms with Gasteiger partial charge >= 0.3 is 0 Å². The van der Waals surface area contributed by atoms with Gasteiger partial charge in [0, 0.05) is 33.5 Å². The van der Waals surface area contributed by atoms with E-state index in [0.29, 0.717) is 0 Å². The highest BCUT2D eigenvalue weighted by molar-refractivity contribution is 6.11. The fourth-order valence-corrected chi connectivity index (χ4v) is 11.8. The van der Waals surface area contributed by atoms with Gasteiger partial charge in [-0.15, -0.1) is 0 Å². The average Bonchev–Trinajstić information content (AvgIpc) is 3.94. The maximum Gasteiger partial charge on any atom is 0.0714 e. The first kappa shape index (κ1) is 40.8. The van der Waals surface area contributed by atoms with Crippen molar-refractivity contribution in [2.45, 2.75) is 5.41 Å². The van der Waals surface area contributed by atoms with Crippen LogP contribution in [0.2, 0.25) is 0 Å².